The minimum atomic E-state index is -0.154. The first-order valence-corrected chi connectivity index (χ1v) is 12.0. The van der Waals surface area contributed by atoms with Crippen LogP contribution in [0.3, 0.4) is 0 Å². The summed E-state index contributed by atoms with van der Waals surface area (Å²) in [4.78, 5) is 1.36. The van der Waals surface area contributed by atoms with Crippen LogP contribution in [0.25, 0.3) is 0 Å². The van der Waals surface area contributed by atoms with Crippen molar-refractivity contribution in [1.29, 1.82) is 0 Å². The molecular weight excluding hydrogens is 437 g/mol. The number of hydrogen-bond donors (Lipinski definition) is 1. The van der Waals surface area contributed by atoms with Crippen LogP contribution in [0, 0.1) is 12.7 Å². The summed E-state index contributed by atoms with van der Waals surface area (Å²) in [6.07, 6.45) is 8.03. The number of thiophene rings is 1. The fourth-order valence-electron chi connectivity index (χ4n) is 5.12. The van der Waals surface area contributed by atoms with Gasteiger partial charge in [-0.2, -0.15) is 0 Å². The second kappa shape index (κ2) is 8.55. The van der Waals surface area contributed by atoms with Crippen LogP contribution >= 0.6 is 27.3 Å². The Morgan fingerprint density at radius 3 is 2.61 bits per heavy atom. The molecule has 1 saturated carbocycles. The number of nitrogens with one attached hydrogen (secondary N) is 1. The fourth-order valence-corrected chi connectivity index (χ4v) is 6.71. The van der Waals surface area contributed by atoms with Crippen LogP contribution in [0.5, 0.6) is 0 Å². The highest BCUT2D eigenvalue weighted by molar-refractivity contribution is 9.11. The molecule has 1 aromatic carbocycles. The highest BCUT2D eigenvalue weighted by atomic mass is 79.9. The minimum absolute atomic E-state index is 0.0440. The number of aryl methyl sites for hydroxylation is 1. The molecule has 1 saturated heterocycles. The molecule has 4 rings (SSSR count). The number of hydrogen-bond acceptors (Lipinski definition) is 3. The van der Waals surface area contributed by atoms with Gasteiger partial charge in [-0.1, -0.05) is 25.0 Å². The number of ether oxygens (including phenoxy) is 1. The van der Waals surface area contributed by atoms with E-state index in [9.17, 15) is 4.39 Å². The molecule has 1 spiro atoms. The summed E-state index contributed by atoms with van der Waals surface area (Å²) >= 11 is 5.42. The molecule has 0 unspecified atom stereocenters. The summed E-state index contributed by atoms with van der Waals surface area (Å²) in [7, 11) is 0. The van der Waals surface area contributed by atoms with Crippen LogP contribution in [0.2, 0.25) is 0 Å². The van der Waals surface area contributed by atoms with E-state index >= 15 is 0 Å². The maximum atomic E-state index is 13.6. The predicted molar refractivity (Wildman–Crippen MR) is 118 cm³/mol. The number of benzene rings is 1. The zero-order valence-electron chi connectivity index (χ0n) is 16.5. The van der Waals surface area contributed by atoms with E-state index < -0.39 is 0 Å². The van der Waals surface area contributed by atoms with E-state index in [1.807, 2.05) is 12.1 Å². The van der Waals surface area contributed by atoms with E-state index in [1.54, 1.807) is 23.5 Å². The van der Waals surface area contributed by atoms with E-state index in [2.05, 4.69) is 34.2 Å². The van der Waals surface area contributed by atoms with Crippen molar-refractivity contribution in [1.82, 2.24) is 5.32 Å². The maximum absolute atomic E-state index is 13.6. The molecule has 0 amide bonds. The molecule has 2 aliphatic rings. The van der Waals surface area contributed by atoms with Crippen molar-refractivity contribution >= 4 is 27.3 Å². The Hall–Kier alpha value is -0.750. The molecule has 1 aromatic heterocycles. The van der Waals surface area contributed by atoms with E-state index in [0.717, 1.165) is 39.0 Å². The van der Waals surface area contributed by atoms with Crippen molar-refractivity contribution in [3.63, 3.8) is 0 Å². The summed E-state index contributed by atoms with van der Waals surface area (Å²) < 4.78 is 21.1. The van der Waals surface area contributed by atoms with Gasteiger partial charge in [0.1, 0.15) is 5.82 Å². The van der Waals surface area contributed by atoms with Crippen molar-refractivity contribution in [3.8, 4) is 0 Å². The molecule has 1 atom stereocenters. The molecule has 1 N–H and O–H groups in total. The number of rotatable bonds is 6. The van der Waals surface area contributed by atoms with E-state index in [4.69, 9.17) is 4.74 Å². The Kier molecular flexibility index (Phi) is 6.26. The Labute approximate surface area is 180 Å². The third-order valence-electron chi connectivity index (χ3n) is 6.61. The molecule has 2 aromatic rings. The third-order valence-corrected chi connectivity index (χ3v) is 8.75. The van der Waals surface area contributed by atoms with Gasteiger partial charge in [-0.3, -0.25) is 0 Å². The minimum Gasteiger partial charge on any atom is -0.375 e. The Morgan fingerprint density at radius 2 is 1.93 bits per heavy atom. The lowest BCUT2D eigenvalue weighted by Crippen LogP contribution is -2.47. The summed E-state index contributed by atoms with van der Waals surface area (Å²) in [5.74, 6) is -0.154. The average Bonchev–Trinajstić information content (AvgIpc) is 3.26. The van der Waals surface area contributed by atoms with Gasteiger partial charge in [0.2, 0.25) is 0 Å². The van der Waals surface area contributed by atoms with Gasteiger partial charge in [0.05, 0.1) is 9.39 Å². The molecule has 28 heavy (non-hydrogen) atoms. The highest BCUT2D eigenvalue weighted by Gasteiger charge is 2.47. The standard InChI is InChI=1S/C23H29BrFNOS/c1-17-14-20(28-21(17)24)15-26-12-10-22(18-4-6-19(25)7-5-18)11-13-27-23(16-22)8-2-3-9-23/h4-7,14,26H,2-3,8-13,15-16H2,1H3/t22-/m1/s1. The first kappa shape index (κ1) is 20.5. The number of halogens is 2. The zero-order valence-corrected chi connectivity index (χ0v) is 18.9. The van der Waals surface area contributed by atoms with Gasteiger partial charge in [0.25, 0.3) is 0 Å². The van der Waals surface area contributed by atoms with Crippen LogP contribution in [0.15, 0.2) is 34.1 Å². The molecule has 0 bridgehead atoms. The van der Waals surface area contributed by atoms with Crippen molar-refractivity contribution in [2.45, 2.75) is 69.4 Å². The van der Waals surface area contributed by atoms with Crippen molar-refractivity contribution in [3.05, 3.63) is 55.9 Å². The van der Waals surface area contributed by atoms with E-state index in [0.29, 0.717) is 0 Å². The lowest BCUT2D eigenvalue weighted by molar-refractivity contribution is -0.103. The topological polar surface area (TPSA) is 21.3 Å². The SMILES string of the molecule is Cc1cc(CNCC[C@@]2(c3ccc(F)cc3)CCOC3(CCCC3)C2)sc1Br. The van der Waals surface area contributed by atoms with Gasteiger partial charge < -0.3 is 10.1 Å². The van der Waals surface area contributed by atoms with Gasteiger partial charge in [0, 0.05) is 23.4 Å². The summed E-state index contributed by atoms with van der Waals surface area (Å²) in [5, 5.41) is 3.65. The molecule has 2 fully saturated rings. The molecule has 152 valence electrons. The van der Waals surface area contributed by atoms with Gasteiger partial charge in [0.15, 0.2) is 0 Å². The first-order valence-electron chi connectivity index (χ1n) is 10.4. The van der Waals surface area contributed by atoms with Gasteiger partial charge >= 0.3 is 0 Å². The second-order valence-electron chi connectivity index (χ2n) is 8.55. The van der Waals surface area contributed by atoms with Crippen molar-refractivity contribution < 1.29 is 9.13 Å². The summed E-state index contributed by atoms with van der Waals surface area (Å²) in [6.45, 7) is 4.81. The normalized spacial score (nSPS) is 24.1. The molecule has 2 nitrogen and oxygen atoms in total. The average molecular weight is 466 g/mol. The van der Waals surface area contributed by atoms with E-state index in [1.165, 1.54) is 45.5 Å². The maximum Gasteiger partial charge on any atom is 0.123 e. The molecule has 2 heterocycles. The molecule has 0 radical (unpaired) electrons. The lowest BCUT2D eigenvalue weighted by atomic mass is 9.66. The van der Waals surface area contributed by atoms with Gasteiger partial charge in [-0.25, -0.2) is 4.39 Å². The largest absolute Gasteiger partial charge is 0.375 e. The van der Waals surface area contributed by atoms with Gasteiger partial charge in [-0.15, -0.1) is 11.3 Å². The third kappa shape index (κ3) is 4.38. The smallest absolute Gasteiger partial charge is 0.123 e. The fraction of sp³-hybridized carbons (Fsp3) is 0.565. The van der Waals surface area contributed by atoms with Crippen molar-refractivity contribution in [2.75, 3.05) is 13.2 Å². The quantitative estimate of drug-likeness (QED) is 0.491. The monoisotopic (exact) mass is 465 g/mol. The van der Waals surface area contributed by atoms with Crippen LogP contribution in [-0.2, 0) is 16.7 Å². The van der Waals surface area contributed by atoms with Crippen LogP contribution in [0.1, 0.15) is 60.9 Å². The predicted octanol–water partition coefficient (Wildman–Crippen LogP) is 6.50. The Balaban J connectivity index is 1.47. The molecule has 1 aliphatic carbocycles. The summed E-state index contributed by atoms with van der Waals surface area (Å²) in [5.41, 5.74) is 2.70. The Bertz CT molecular complexity index is 780. The molecule has 5 heteroatoms. The van der Waals surface area contributed by atoms with Crippen molar-refractivity contribution in [2.24, 2.45) is 0 Å². The second-order valence-corrected chi connectivity index (χ2v) is 11.0. The highest BCUT2D eigenvalue weighted by Crippen LogP contribution is 2.50. The van der Waals surface area contributed by atoms with Crippen LogP contribution < -0.4 is 5.32 Å². The van der Waals surface area contributed by atoms with E-state index in [-0.39, 0.29) is 16.8 Å². The van der Waals surface area contributed by atoms with Gasteiger partial charge in [-0.05, 0) is 90.8 Å². The Morgan fingerprint density at radius 1 is 1.18 bits per heavy atom. The molecular formula is C23H29BrFNOS. The first-order chi connectivity index (χ1) is 13.5. The summed E-state index contributed by atoms with van der Waals surface area (Å²) in [6, 6.07) is 9.49. The zero-order chi connectivity index (χ0) is 19.6. The molecule has 1 aliphatic heterocycles. The van der Waals surface area contributed by atoms with Crippen LogP contribution in [-0.4, -0.2) is 18.8 Å². The lowest BCUT2D eigenvalue weighted by Gasteiger charge is -2.47. The van der Waals surface area contributed by atoms with Crippen LogP contribution in [0.4, 0.5) is 4.39 Å².